The van der Waals surface area contributed by atoms with Crippen molar-refractivity contribution in [3.8, 4) is 22.6 Å². The number of unbranched alkanes of at least 4 members (excludes halogenated alkanes) is 2. The number of amides is 1. The van der Waals surface area contributed by atoms with Crippen LogP contribution in [0, 0.1) is 6.92 Å². The molecular formula is C23H26N2O4. The average molecular weight is 394 g/mol. The number of benzene rings is 2. The zero-order chi connectivity index (χ0) is 20.8. The van der Waals surface area contributed by atoms with Gasteiger partial charge in [-0.25, -0.2) is 4.98 Å². The molecule has 0 aliphatic heterocycles. The van der Waals surface area contributed by atoms with Gasteiger partial charge in [-0.1, -0.05) is 49.6 Å². The molecule has 1 amide bonds. The van der Waals surface area contributed by atoms with E-state index in [-0.39, 0.29) is 29.2 Å². The Labute approximate surface area is 170 Å². The quantitative estimate of drug-likeness (QED) is 0.480. The van der Waals surface area contributed by atoms with E-state index < -0.39 is 5.91 Å². The van der Waals surface area contributed by atoms with Crippen molar-refractivity contribution in [2.24, 2.45) is 0 Å². The van der Waals surface area contributed by atoms with Crippen LogP contribution in [0.3, 0.4) is 0 Å². The summed E-state index contributed by atoms with van der Waals surface area (Å²) in [5.41, 5.74) is 2.72. The first-order valence-electron chi connectivity index (χ1n) is 9.81. The van der Waals surface area contributed by atoms with E-state index in [2.05, 4.69) is 17.2 Å². The van der Waals surface area contributed by atoms with E-state index in [1.807, 2.05) is 25.1 Å². The molecule has 6 heteroatoms. The Balaban J connectivity index is 2.01. The van der Waals surface area contributed by atoms with Gasteiger partial charge in [0.05, 0.1) is 23.9 Å². The first kappa shape index (κ1) is 20.5. The largest absolute Gasteiger partial charge is 0.507 e. The molecule has 3 aromatic rings. The monoisotopic (exact) mass is 394 g/mol. The topological polar surface area (TPSA) is 95.6 Å². The van der Waals surface area contributed by atoms with Crippen LogP contribution < -0.4 is 5.32 Å². The van der Waals surface area contributed by atoms with Crippen LogP contribution in [0.5, 0.6) is 11.5 Å². The predicted molar refractivity (Wildman–Crippen MR) is 111 cm³/mol. The highest BCUT2D eigenvalue weighted by Gasteiger charge is 2.23. The maximum absolute atomic E-state index is 13.0. The van der Waals surface area contributed by atoms with Gasteiger partial charge in [-0.2, -0.15) is 0 Å². The zero-order valence-electron chi connectivity index (χ0n) is 16.7. The van der Waals surface area contributed by atoms with Crippen LogP contribution in [0.2, 0.25) is 0 Å². The van der Waals surface area contributed by atoms with Crippen molar-refractivity contribution in [2.45, 2.75) is 46.1 Å². The highest BCUT2D eigenvalue weighted by atomic mass is 16.3. The van der Waals surface area contributed by atoms with Gasteiger partial charge in [-0.15, -0.1) is 0 Å². The standard InChI is InChI=1S/C23H26N2O4/c1-3-4-5-8-17-11-19(26)20(16-9-6-7-15(2)10-16)22(27)21(17)23(28)25-13-18-12-24-14-29-18/h6-7,9-12,14,26-27H,3-5,8,13H2,1-2H3,(H,25,28). The maximum atomic E-state index is 13.0. The molecule has 0 radical (unpaired) electrons. The zero-order valence-corrected chi connectivity index (χ0v) is 16.7. The molecule has 3 N–H and O–H groups in total. The van der Waals surface area contributed by atoms with Gasteiger partial charge < -0.3 is 19.9 Å². The second-order valence-electron chi connectivity index (χ2n) is 7.13. The molecule has 0 spiro atoms. The highest BCUT2D eigenvalue weighted by Crippen LogP contribution is 2.42. The lowest BCUT2D eigenvalue weighted by atomic mass is 9.92. The molecule has 2 aromatic carbocycles. The van der Waals surface area contributed by atoms with Crippen molar-refractivity contribution >= 4 is 5.91 Å². The number of carbonyl (C=O) groups excluding carboxylic acids is 1. The van der Waals surface area contributed by atoms with E-state index >= 15 is 0 Å². The molecular weight excluding hydrogens is 368 g/mol. The minimum absolute atomic E-state index is 0.0358. The predicted octanol–water partition coefficient (Wildman–Crippen LogP) is 4.72. The molecule has 152 valence electrons. The Morgan fingerprint density at radius 2 is 2.03 bits per heavy atom. The number of nitrogens with zero attached hydrogens (tertiary/aromatic N) is 1. The lowest BCUT2D eigenvalue weighted by Crippen LogP contribution is -2.24. The van der Waals surface area contributed by atoms with Crippen LogP contribution in [0.15, 0.2) is 47.3 Å². The molecule has 1 aromatic heterocycles. The summed E-state index contributed by atoms with van der Waals surface area (Å²) < 4.78 is 5.16. The SMILES string of the molecule is CCCCCc1cc(O)c(-c2cccc(C)c2)c(O)c1C(=O)NCc1cnco1. The van der Waals surface area contributed by atoms with Crippen molar-refractivity contribution < 1.29 is 19.4 Å². The Kier molecular flexibility index (Phi) is 6.54. The van der Waals surface area contributed by atoms with Crippen molar-refractivity contribution in [3.63, 3.8) is 0 Å². The Morgan fingerprint density at radius 1 is 1.21 bits per heavy atom. The third kappa shape index (κ3) is 4.77. The summed E-state index contributed by atoms with van der Waals surface area (Å²) in [6, 6.07) is 9.04. The fraction of sp³-hybridized carbons (Fsp3) is 0.304. The number of hydrogen-bond donors (Lipinski definition) is 3. The van der Waals surface area contributed by atoms with Crippen LogP contribution in [0.1, 0.15) is 53.4 Å². The normalized spacial score (nSPS) is 10.8. The maximum Gasteiger partial charge on any atom is 0.255 e. The minimum atomic E-state index is -0.417. The number of rotatable bonds is 8. The van der Waals surface area contributed by atoms with Gasteiger partial charge in [0.15, 0.2) is 6.39 Å². The molecule has 0 aliphatic carbocycles. The van der Waals surface area contributed by atoms with E-state index in [0.29, 0.717) is 23.3 Å². The number of hydrogen-bond acceptors (Lipinski definition) is 5. The molecule has 0 fully saturated rings. The molecule has 29 heavy (non-hydrogen) atoms. The number of nitrogens with one attached hydrogen (secondary N) is 1. The lowest BCUT2D eigenvalue weighted by Gasteiger charge is -2.17. The van der Waals surface area contributed by atoms with Crippen molar-refractivity contribution in [2.75, 3.05) is 0 Å². The molecule has 0 saturated heterocycles. The summed E-state index contributed by atoms with van der Waals surface area (Å²) in [6.07, 6.45) is 6.31. The number of aromatic nitrogens is 1. The van der Waals surface area contributed by atoms with Gasteiger partial charge in [-0.05, 0) is 37.0 Å². The molecule has 1 heterocycles. The van der Waals surface area contributed by atoms with Crippen LogP contribution >= 0.6 is 0 Å². The van der Waals surface area contributed by atoms with E-state index in [4.69, 9.17) is 4.42 Å². The second-order valence-corrected chi connectivity index (χ2v) is 7.13. The van der Waals surface area contributed by atoms with Crippen LogP contribution in [0.4, 0.5) is 0 Å². The molecule has 0 unspecified atom stereocenters. The van der Waals surface area contributed by atoms with Crippen molar-refractivity contribution in [3.05, 3.63) is 65.4 Å². The number of carbonyl (C=O) groups is 1. The number of aryl methyl sites for hydroxylation is 2. The Bertz CT molecular complexity index is 981. The molecule has 6 nitrogen and oxygen atoms in total. The van der Waals surface area contributed by atoms with Gasteiger partial charge in [0.1, 0.15) is 17.3 Å². The van der Waals surface area contributed by atoms with Crippen LogP contribution in [-0.4, -0.2) is 21.1 Å². The van der Waals surface area contributed by atoms with Crippen molar-refractivity contribution in [1.82, 2.24) is 10.3 Å². The molecule has 0 aliphatic rings. The molecule has 0 saturated carbocycles. The average Bonchev–Trinajstić information content (AvgIpc) is 3.20. The number of aromatic hydroxyl groups is 2. The highest BCUT2D eigenvalue weighted by molar-refractivity contribution is 6.01. The molecule has 0 bridgehead atoms. The fourth-order valence-electron chi connectivity index (χ4n) is 3.39. The summed E-state index contributed by atoms with van der Waals surface area (Å²) in [7, 11) is 0. The van der Waals surface area contributed by atoms with Gasteiger partial charge in [0.25, 0.3) is 5.91 Å². The molecule has 0 atom stereocenters. The lowest BCUT2D eigenvalue weighted by molar-refractivity contribution is 0.0944. The van der Waals surface area contributed by atoms with Gasteiger partial charge in [-0.3, -0.25) is 4.79 Å². The summed E-state index contributed by atoms with van der Waals surface area (Å²) in [6.45, 7) is 4.19. The summed E-state index contributed by atoms with van der Waals surface area (Å²) in [5.74, 6) is -0.147. The van der Waals surface area contributed by atoms with Gasteiger partial charge >= 0.3 is 0 Å². The van der Waals surface area contributed by atoms with Gasteiger partial charge in [0, 0.05) is 0 Å². The third-order valence-electron chi connectivity index (χ3n) is 4.85. The van der Waals surface area contributed by atoms with E-state index in [1.54, 1.807) is 12.1 Å². The van der Waals surface area contributed by atoms with E-state index in [9.17, 15) is 15.0 Å². The summed E-state index contributed by atoms with van der Waals surface area (Å²) in [5, 5.41) is 24.4. The summed E-state index contributed by atoms with van der Waals surface area (Å²) >= 11 is 0. The number of phenols is 2. The van der Waals surface area contributed by atoms with E-state index in [1.165, 1.54) is 12.6 Å². The smallest absolute Gasteiger partial charge is 0.255 e. The Hall–Kier alpha value is -3.28. The number of phenolic OH excluding ortho intramolecular Hbond substituents is 2. The Morgan fingerprint density at radius 3 is 2.72 bits per heavy atom. The fourth-order valence-corrected chi connectivity index (χ4v) is 3.39. The third-order valence-corrected chi connectivity index (χ3v) is 4.85. The number of oxazole rings is 1. The first-order valence-corrected chi connectivity index (χ1v) is 9.81. The first-order chi connectivity index (χ1) is 14.0. The summed E-state index contributed by atoms with van der Waals surface area (Å²) in [4.78, 5) is 16.8. The van der Waals surface area contributed by atoms with Gasteiger partial charge in [0.2, 0.25) is 0 Å². The van der Waals surface area contributed by atoms with E-state index in [0.717, 1.165) is 24.8 Å². The minimum Gasteiger partial charge on any atom is -0.507 e. The van der Waals surface area contributed by atoms with Crippen LogP contribution in [0.25, 0.3) is 11.1 Å². The second kappa shape index (κ2) is 9.28. The molecule has 3 rings (SSSR count). The van der Waals surface area contributed by atoms with Crippen molar-refractivity contribution in [1.29, 1.82) is 0 Å². The van der Waals surface area contributed by atoms with Crippen LogP contribution in [-0.2, 0) is 13.0 Å².